The highest BCUT2D eigenvalue weighted by molar-refractivity contribution is 5.89. The van der Waals surface area contributed by atoms with Gasteiger partial charge in [-0.1, -0.05) is 32.3 Å². The SMILES string of the molecule is CCCN1C(=O)C2(CCCCC2)NC1c1ccccn1. The number of rotatable bonds is 3. The van der Waals surface area contributed by atoms with Gasteiger partial charge in [0, 0.05) is 12.7 Å². The quantitative estimate of drug-likeness (QED) is 0.921. The first-order chi connectivity index (χ1) is 9.77. The van der Waals surface area contributed by atoms with Gasteiger partial charge in [0.05, 0.1) is 11.2 Å². The zero-order valence-corrected chi connectivity index (χ0v) is 12.1. The maximum atomic E-state index is 12.9. The molecule has 1 spiro atoms. The number of nitrogens with one attached hydrogen (secondary N) is 1. The minimum atomic E-state index is -0.324. The third-order valence-corrected chi connectivity index (χ3v) is 4.53. The second kappa shape index (κ2) is 5.52. The highest BCUT2D eigenvalue weighted by Gasteiger charge is 2.51. The van der Waals surface area contributed by atoms with Crippen molar-refractivity contribution in [2.45, 2.75) is 57.2 Å². The van der Waals surface area contributed by atoms with Crippen molar-refractivity contribution in [3.63, 3.8) is 0 Å². The summed E-state index contributed by atoms with van der Waals surface area (Å²) in [5, 5.41) is 3.62. The Balaban J connectivity index is 1.91. The van der Waals surface area contributed by atoms with Crippen molar-refractivity contribution in [2.24, 2.45) is 0 Å². The van der Waals surface area contributed by atoms with Crippen molar-refractivity contribution >= 4 is 5.91 Å². The summed E-state index contributed by atoms with van der Waals surface area (Å²) < 4.78 is 0. The summed E-state index contributed by atoms with van der Waals surface area (Å²) in [5.74, 6) is 0.287. The molecule has 1 aliphatic heterocycles. The van der Waals surface area contributed by atoms with Crippen molar-refractivity contribution in [1.29, 1.82) is 0 Å². The topological polar surface area (TPSA) is 45.2 Å². The smallest absolute Gasteiger partial charge is 0.244 e. The van der Waals surface area contributed by atoms with Crippen molar-refractivity contribution in [1.82, 2.24) is 15.2 Å². The van der Waals surface area contributed by atoms with Gasteiger partial charge in [0.2, 0.25) is 5.91 Å². The zero-order chi connectivity index (χ0) is 14.0. The van der Waals surface area contributed by atoms with Crippen LogP contribution < -0.4 is 5.32 Å². The van der Waals surface area contributed by atoms with Crippen LogP contribution in [0, 0.1) is 0 Å². The Morgan fingerprint density at radius 3 is 2.80 bits per heavy atom. The molecule has 3 rings (SSSR count). The summed E-state index contributed by atoms with van der Waals surface area (Å²) in [5.41, 5.74) is 0.632. The van der Waals surface area contributed by atoms with Crippen molar-refractivity contribution < 1.29 is 4.79 Å². The number of amides is 1. The van der Waals surface area contributed by atoms with Crippen molar-refractivity contribution in [3.8, 4) is 0 Å². The van der Waals surface area contributed by atoms with Crippen LogP contribution in [0.15, 0.2) is 24.4 Å². The van der Waals surface area contributed by atoms with E-state index in [0.29, 0.717) is 0 Å². The molecule has 1 unspecified atom stereocenters. The zero-order valence-electron chi connectivity index (χ0n) is 12.1. The number of aromatic nitrogens is 1. The standard InChI is InChI=1S/C16H23N3O/c1-2-12-19-14(13-8-4-7-11-17-13)18-16(15(19)20)9-5-3-6-10-16/h4,7-8,11,14,18H,2-3,5-6,9-10,12H2,1H3. The highest BCUT2D eigenvalue weighted by atomic mass is 16.2. The molecule has 1 saturated carbocycles. The second-order valence-corrected chi connectivity index (χ2v) is 5.94. The lowest BCUT2D eigenvalue weighted by molar-refractivity contribution is -0.134. The van der Waals surface area contributed by atoms with Crippen LogP contribution in [-0.2, 0) is 4.79 Å². The van der Waals surface area contributed by atoms with E-state index in [9.17, 15) is 4.79 Å². The Hall–Kier alpha value is -1.42. The lowest BCUT2D eigenvalue weighted by atomic mass is 9.81. The van der Waals surface area contributed by atoms with E-state index >= 15 is 0 Å². The molecule has 0 aromatic carbocycles. The summed E-state index contributed by atoms with van der Waals surface area (Å²) in [6.45, 7) is 2.92. The molecule has 2 heterocycles. The molecular weight excluding hydrogens is 250 g/mol. The van der Waals surface area contributed by atoms with E-state index < -0.39 is 0 Å². The Morgan fingerprint density at radius 2 is 2.15 bits per heavy atom. The van der Waals surface area contributed by atoms with Crippen LogP contribution in [0.25, 0.3) is 0 Å². The van der Waals surface area contributed by atoms with Crippen LogP contribution >= 0.6 is 0 Å². The molecule has 0 bridgehead atoms. The van der Waals surface area contributed by atoms with Crippen molar-refractivity contribution in [2.75, 3.05) is 6.54 Å². The Bertz CT molecular complexity index is 468. The fourth-order valence-electron chi connectivity index (χ4n) is 3.55. The van der Waals surface area contributed by atoms with Gasteiger partial charge in [-0.05, 0) is 31.4 Å². The summed E-state index contributed by atoms with van der Waals surface area (Å²) in [6.07, 6.45) is 8.21. The first-order valence-electron chi connectivity index (χ1n) is 7.76. The van der Waals surface area contributed by atoms with Crippen molar-refractivity contribution in [3.05, 3.63) is 30.1 Å². The van der Waals surface area contributed by atoms with E-state index in [1.807, 2.05) is 23.1 Å². The number of hydrogen-bond donors (Lipinski definition) is 1. The molecule has 20 heavy (non-hydrogen) atoms. The molecule has 1 aromatic heterocycles. The molecule has 4 nitrogen and oxygen atoms in total. The van der Waals surface area contributed by atoms with E-state index in [1.165, 1.54) is 6.42 Å². The minimum Gasteiger partial charge on any atom is -0.320 e. The van der Waals surface area contributed by atoms with E-state index in [0.717, 1.165) is 44.3 Å². The fraction of sp³-hybridized carbons (Fsp3) is 0.625. The van der Waals surface area contributed by atoms with Gasteiger partial charge in [-0.15, -0.1) is 0 Å². The molecule has 2 fully saturated rings. The first kappa shape index (κ1) is 13.6. The van der Waals surface area contributed by atoms with Crippen LogP contribution in [-0.4, -0.2) is 27.9 Å². The average Bonchev–Trinajstić information content (AvgIpc) is 2.76. The average molecular weight is 273 g/mol. The predicted molar refractivity (Wildman–Crippen MR) is 77.9 cm³/mol. The summed E-state index contributed by atoms with van der Waals surface area (Å²) in [4.78, 5) is 19.3. The normalized spacial score (nSPS) is 25.4. The predicted octanol–water partition coefficient (Wildman–Crippen LogP) is 2.62. The maximum Gasteiger partial charge on any atom is 0.244 e. The molecular formula is C16H23N3O. The van der Waals surface area contributed by atoms with E-state index in [-0.39, 0.29) is 17.6 Å². The molecule has 1 aliphatic carbocycles. The molecule has 1 amide bonds. The summed E-state index contributed by atoms with van der Waals surface area (Å²) in [6, 6.07) is 5.92. The fourth-order valence-corrected chi connectivity index (χ4v) is 3.55. The first-order valence-corrected chi connectivity index (χ1v) is 7.76. The van der Waals surface area contributed by atoms with Crippen LogP contribution in [0.5, 0.6) is 0 Å². The molecule has 1 N–H and O–H groups in total. The highest BCUT2D eigenvalue weighted by Crippen LogP contribution is 2.39. The van der Waals surface area contributed by atoms with Gasteiger partial charge in [0.25, 0.3) is 0 Å². The van der Waals surface area contributed by atoms with Gasteiger partial charge in [-0.3, -0.25) is 15.1 Å². The third kappa shape index (κ3) is 2.22. The van der Waals surface area contributed by atoms with Gasteiger partial charge in [-0.25, -0.2) is 0 Å². The van der Waals surface area contributed by atoms with Gasteiger partial charge >= 0.3 is 0 Å². The summed E-state index contributed by atoms with van der Waals surface area (Å²) in [7, 11) is 0. The van der Waals surface area contributed by atoms with Crippen LogP contribution in [0.2, 0.25) is 0 Å². The largest absolute Gasteiger partial charge is 0.320 e. The lowest BCUT2D eigenvalue weighted by Crippen LogP contribution is -2.48. The monoisotopic (exact) mass is 273 g/mol. The van der Waals surface area contributed by atoms with Crippen LogP contribution in [0.1, 0.15) is 57.3 Å². The Labute approximate surface area is 120 Å². The Morgan fingerprint density at radius 1 is 1.35 bits per heavy atom. The van der Waals surface area contributed by atoms with Gasteiger partial charge < -0.3 is 4.90 Å². The molecule has 108 valence electrons. The minimum absolute atomic E-state index is 0.0539. The van der Waals surface area contributed by atoms with Gasteiger partial charge in [-0.2, -0.15) is 0 Å². The Kier molecular flexibility index (Phi) is 3.74. The number of carbonyl (C=O) groups excluding carboxylic acids is 1. The number of hydrogen-bond acceptors (Lipinski definition) is 3. The van der Waals surface area contributed by atoms with E-state index in [1.54, 1.807) is 6.20 Å². The van der Waals surface area contributed by atoms with E-state index in [4.69, 9.17) is 0 Å². The molecule has 1 atom stereocenters. The van der Waals surface area contributed by atoms with Crippen LogP contribution in [0.3, 0.4) is 0 Å². The lowest BCUT2D eigenvalue weighted by Gasteiger charge is -2.31. The molecule has 1 aromatic rings. The summed E-state index contributed by atoms with van der Waals surface area (Å²) >= 11 is 0. The number of nitrogens with zero attached hydrogens (tertiary/aromatic N) is 2. The van der Waals surface area contributed by atoms with Gasteiger partial charge in [0.1, 0.15) is 6.17 Å². The van der Waals surface area contributed by atoms with Gasteiger partial charge in [0.15, 0.2) is 0 Å². The number of carbonyl (C=O) groups is 1. The molecule has 2 aliphatic rings. The second-order valence-electron chi connectivity index (χ2n) is 5.94. The maximum absolute atomic E-state index is 12.9. The molecule has 1 saturated heterocycles. The van der Waals surface area contributed by atoms with E-state index in [2.05, 4.69) is 17.2 Å². The molecule has 0 radical (unpaired) electrons. The number of pyridine rings is 1. The van der Waals surface area contributed by atoms with Crippen LogP contribution in [0.4, 0.5) is 0 Å². The molecule has 4 heteroatoms. The third-order valence-electron chi connectivity index (χ3n) is 4.53.